The molecule has 0 saturated carbocycles. The van der Waals surface area contributed by atoms with Gasteiger partial charge in [-0.2, -0.15) is 0 Å². The van der Waals surface area contributed by atoms with Crippen LogP contribution in [-0.4, -0.2) is 17.6 Å². The number of hydrogen-bond acceptors (Lipinski definition) is 2. The number of nitrogens with one attached hydrogen (secondary N) is 2. The van der Waals surface area contributed by atoms with Crippen LogP contribution in [0.25, 0.3) is 0 Å². The zero-order chi connectivity index (χ0) is 20.3. The maximum atomic E-state index is 12.1. The molecule has 1 aliphatic heterocycles. The number of nitrogens with zero attached hydrogens (tertiary/aromatic N) is 1. The van der Waals surface area contributed by atoms with E-state index in [4.69, 9.17) is 12.2 Å². The summed E-state index contributed by atoms with van der Waals surface area (Å²) in [7, 11) is 0. The summed E-state index contributed by atoms with van der Waals surface area (Å²) in [5.74, 6) is 0.196. The fourth-order valence-electron chi connectivity index (χ4n) is 3.82. The Balaban J connectivity index is 1.72. The fraction of sp³-hybridized carbons (Fsp3) is 0.391. The molecule has 1 saturated heterocycles. The maximum absolute atomic E-state index is 12.1. The first-order valence-corrected chi connectivity index (χ1v) is 10.4. The summed E-state index contributed by atoms with van der Waals surface area (Å²) < 4.78 is 0. The van der Waals surface area contributed by atoms with Crippen LogP contribution < -0.4 is 15.5 Å². The second-order valence-electron chi connectivity index (χ2n) is 7.57. The number of thiocarbonyl (C=S) groups is 1. The van der Waals surface area contributed by atoms with Gasteiger partial charge in [0.2, 0.25) is 5.91 Å². The topological polar surface area (TPSA) is 44.4 Å². The minimum Gasteiger partial charge on any atom is -0.356 e. The van der Waals surface area contributed by atoms with Crippen molar-refractivity contribution in [3.8, 4) is 0 Å². The Morgan fingerprint density at radius 1 is 1.14 bits per heavy atom. The van der Waals surface area contributed by atoms with Crippen LogP contribution in [0.15, 0.2) is 36.4 Å². The average molecular weight is 396 g/mol. The standard InChI is InChI=1S/C23H29N3OS/c1-5-20(19-11-8-15(2)13-17(19)4)25-23(28)24-18-10-9-16(3)21(14-18)26-12-6-7-22(26)27/h8-11,13-14,20H,5-7,12H2,1-4H3,(H2,24,25,28). The predicted molar refractivity (Wildman–Crippen MR) is 121 cm³/mol. The summed E-state index contributed by atoms with van der Waals surface area (Å²) in [5, 5.41) is 7.33. The van der Waals surface area contributed by atoms with E-state index >= 15 is 0 Å². The van der Waals surface area contributed by atoms with E-state index in [1.807, 2.05) is 30.0 Å². The van der Waals surface area contributed by atoms with Crippen molar-refractivity contribution >= 4 is 34.6 Å². The lowest BCUT2D eigenvalue weighted by Crippen LogP contribution is -2.32. The Morgan fingerprint density at radius 2 is 1.93 bits per heavy atom. The summed E-state index contributed by atoms with van der Waals surface area (Å²) in [6, 6.07) is 12.7. The first kappa shape index (κ1) is 20.3. The van der Waals surface area contributed by atoms with Gasteiger partial charge in [-0.1, -0.05) is 36.8 Å². The monoisotopic (exact) mass is 395 g/mol. The van der Waals surface area contributed by atoms with E-state index < -0.39 is 0 Å². The van der Waals surface area contributed by atoms with Gasteiger partial charge in [0.25, 0.3) is 0 Å². The quantitative estimate of drug-likeness (QED) is 0.685. The smallest absolute Gasteiger partial charge is 0.227 e. The zero-order valence-corrected chi connectivity index (χ0v) is 18.0. The van der Waals surface area contributed by atoms with Gasteiger partial charge in [-0.15, -0.1) is 0 Å². The van der Waals surface area contributed by atoms with Crippen molar-refractivity contribution in [3.63, 3.8) is 0 Å². The molecule has 1 unspecified atom stereocenters. The third-order valence-corrected chi connectivity index (χ3v) is 5.57. The molecular formula is C23H29N3OS. The number of rotatable bonds is 5. The summed E-state index contributed by atoms with van der Waals surface area (Å²) in [6.45, 7) is 9.23. The molecule has 4 nitrogen and oxygen atoms in total. The number of carbonyl (C=O) groups excluding carboxylic acids is 1. The van der Waals surface area contributed by atoms with Crippen LogP contribution in [0, 0.1) is 20.8 Å². The average Bonchev–Trinajstić information content (AvgIpc) is 3.07. The Labute approximate surface area is 173 Å². The second kappa shape index (κ2) is 8.74. The van der Waals surface area contributed by atoms with Gasteiger partial charge in [0.1, 0.15) is 0 Å². The molecule has 0 aliphatic carbocycles. The van der Waals surface area contributed by atoms with Crippen LogP contribution >= 0.6 is 12.2 Å². The van der Waals surface area contributed by atoms with Crippen molar-refractivity contribution in [3.05, 3.63) is 58.7 Å². The molecule has 5 heteroatoms. The molecule has 1 fully saturated rings. The minimum absolute atomic E-state index is 0.158. The van der Waals surface area contributed by atoms with E-state index in [2.05, 4.69) is 49.6 Å². The first-order chi connectivity index (χ1) is 13.4. The molecule has 3 rings (SSSR count). The Bertz CT molecular complexity index is 893. The van der Waals surface area contributed by atoms with Gasteiger partial charge in [0, 0.05) is 24.3 Å². The van der Waals surface area contributed by atoms with Crippen molar-refractivity contribution in [2.45, 2.75) is 53.0 Å². The highest BCUT2D eigenvalue weighted by atomic mass is 32.1. The summed E-state index contributed by atoms with van der Waals surface area (Å²) in [5.41, 5.74) is 6.77. The van der Waals surface area contributed by atoms with Gasteiger partial charge in [-0.05, 0) is 74.7 Å². The molecule has 0 aromatic heterocycles. The minimum atomic E-state index is 0.158. The largest absolute Gasteiger partial charge is 0.356 e. The summed E-state index contributed by atoms with van der Waals surface area (Å²) in [6.07, 6.45) is 2.49. The van der Waals surface area contributed by atoms with Crippen molar-refractivity contribution < 1.29 is 4.79 Å². The van der Waals surface area contributed by atoms with Crippen LogP contribution in [0.3, 0.4) is 0 Å². The number of benzene rings is 2. The highest BCUT2D eigenvalue weighted by Gasteiger charge is 2.23. The predicted octanol–water partition coefficient (Wildman–Crippen LogP) is 5.18. The molecule has 2 aromatic carbocycles. The Hall–Kier alpha value is -2.40. The zero-order valence-electron chi connectivity index (χ0n) is 17.1. The molecule has 28 heavy (non-hydrogen) atoms. The van der Waals surface area contributed by atoms with Gasteiger partial charge in [-0.25, -0.2) is 0 Å². The molecule has 1 amide bonds. The fourth-order valence-corrected chi connectivity index (χ4v) is 4.08. The second-order valence-corrected chi connectivity index (χ2v) is 7.98. The van der Waals surface area contributed by atoms with Gasteiger partial charge in [-0.3, -0.25) is 4.79 Å². The van der Waals surface area contributed by atoms with E-state index in [0.717, 1.165) is 36.3 Å². The molecule has 2 aromatic rings. The highest BCUT2D eigenvalue weighted by Crippen LogP contribution is 2.28. The summed E-state index contributed by atoms with van der Waals surface area (Å²) >= 11 is 5.58. The van der Waals surface area contributed by atoms with Crippen LogP contribution in [-0.2, 0) is 4.79 Å². The third-order valence-electron chi connectivity index (χ3n) is 5.35. The van der Waals surface area contributed by atoms with Crippen molar-refractivity contribution in [2.75, 3.05) is 16.8 Å². The van der Waals surface area contributed by atoms with E-state index in [9.17, 15) is 4.79 Å². The number of amides is 1. The molecule has 1 atom stereocenters. The van der Waals surface area contributed by atoms with E-state index in [-0.39, 0.29) is 11.9 Å². The molecule has 0 bridgehead atoms. The third kappa shape index (κ3) is 4.53. The van der Waals surface area contributed by atoms with Crippen LogP contribution in [0.4, 0.5) is 11.4 Å². The van der Waals surface area contributed by atoms with Crippen molar-refractivity contribution in [1.82, 2.24) is 5.32 Å². The molecule has 1 aliphatic rings. The van der Waals surface area contributed by atoms with Crippen molar-refractivity contribution in [1.29, 1.82) is 0 Å². The lowest BCUT2D eigenvalue weighted by Gasteiger charge is -2.23. The van der Waals surface area contributed by atoms with E-state index in [1.165, 1.54) is 16.7 Å². The Morgan fingerprint density at radius 3 is 2.57 bits per heavy atom. The number of hydrogen-bond donors (Lipinski definition) is 2. The molecule has 0 spiro atoms. The number of anilines is 2. The molecular weight excluding hydrogens is 366 g/mol. The molecule has 148 valence electrons. The lowest BCUT2D eigenvalue weighted by atomic mass is 9.98. The van der Waals surface area contributed by atoms with Gasteiger partial charge in [0.05, 0.1) is 6.04 Å². The Kier molecular flexibility index (Phi) is 6.35. The summed E-state index contributed by atoms with van der Waals surface area (Å²) in [4.78, 5) is 14.0. The van der Waals surface area contributed by atoms with Crippen LogP contribution in [0.2, 0.25) is 0 Å². The first-order valence-electron chi connectivity index (χ1n) is 9.94. The van der Waals surface area contributed by atoms with Gasteiger partial charge >= 0.3 is 0 Å². The van der Waals surface area contributed by atoms with Gasteiger partial charge in [0.15, 0.2) is 5.11 Å². The van der Waals surface area contributed by atoms with Crippen molar-refractivity contribution in [2.24, 2.45) is 0 Å². The number of aryl methyl sites for hydroxylation is 3. The normalized spacial score (nSPS) is 14.9. The molecule has 0 radical (unpaired) electrons. The van der Waals surface area contributed by atoms with E-state index in [0.29, 0.717) is 11.5 Å². The van der Waals surface area contributed by atoms with E-state index in [1.54, 1.807) is 0 Å². The molecule has 2 N–H and O–H groups in total. The SMILES string of the molecule is CCC(NC(=S)Nc1ccc(C)c(N2CCCC2=O)c1)c1ccc(C)cc1C. The van der Waals surface area contributed by atoms with Crippen LogP contribution in [0.1, 0.15) is 54.5 Å². The van der Waals surface area contributed by atoms with Crippen LogP contribution in [0.5, 0.6) is 0 Å². The number of carbonyl (C=O) groups is 1. The molecule has 1 heterocycles. The maximum Gasteiger partial charge on any atom is 0.227 e. The highest BCUT2D eigenvalue weighted by molar-refractivity contribution is 7.80. The lowest BCUT2D eigenvalue weighted by molar-refractivity contribution is -0.117. The van der Waals surface area contributed by atoms with Gasteiger partial charge < -0.3 is 15.5 Å².